The summed E-state index contributed by atoms with van der Waals surface area (Å²) in [5.41, 5.74) is 4.31. The van der Waals surface area contributed by atoms with Crippen LogP contribution >= 0.6 is 0 Å². The smallest absolute Gasteiger partial charge is 0.139 e. The molecule has 1 aliphatic rings. The minimum Gasteiger partial charge on any atom is -0.496 e. The van der Waals surface area contributed by atoms with Crippen LogP contribution in [0.1, 0.15) is 34.6 Å². The first-order chi connectivity index (χ1) is 13.2. The van der Waals surface area contributed by atoms with Crippen molar-refractivity contribution >= 4 is 0 Å². The van der Waals surface area contributed by atoms with Crippen molar-refractivity contribution in [3.63, 3.8) is 0 Å². The molecule has 3 rings (SSSR count). The van der Waals surface area contributed by atoms with Crippen LogP contribution in [0.2, 0.25) is 0 Å². The van der Waals surface area contributed by atoms with Gasteiger partial charge in [-0.05, 0) is 50.9 Å². The Morgan fingerprint density at radius 3 is 2.67 bits per heavy atom. The highest BCUT2D eigenvalue weighted by molar-refractivity contribution is 5.37. The Bertz CT molecular complexity index is 703. The molecular formula is C21H30N2O4. The maximum atomic E-state index is 5.92. The van der Waals surface area contributed by atoms with E-state index < -0.39 is 0 Å². The van der Waals surface area contributed by atoms with E-state index in [1.165, 1.54) is 5.56 Å². The summed E-state index contributed by atoms with van der Waals surface area (Å²) >= 11 is 0. The van der Waals surface area contributed by atoms with Crippen molar-refractivity contribution < 1.29 is 18.7 Å². The molecule has 0 amide bonds. The number of aryl methyl sites for hydroxylation is 3. The molecular weight excluding hydrogens is 344 g/mol. The summed E-state index contributed by atoms with van der Waals surface area (Å²) in [6.07, 6.45) is 2.20. The number of hydrogen-bond acceptors (Lipinski definition) is 6. The van der Waals surface area contributed by atoms with E-state index in [-0.39, 0.29) is 0 Å². The lowest BCUT2D eigenvalue weighted by atomic mass is 10.1. The van der Waals surface area contributed by atoms with Crippen LogP contribution in [0.15, 0.2) is 22.7 Å². The molecule has 27 heavy (non-hydrogen) atoms. The number of ether oxygens (including phenoxy) is 3. The van der Waals surface area contributed by atoms with Gasteiger partial charge in [0.05, 0.1) is 39.2 Å². The van der Waals surface area contributed by atoms with E-state index in [0.717, 1.165) is 74.0 Å². The monoisotopic (exact) mass is 374 g/mol. The van der Waals surface area contributed by atoms with Crippen molar-refractivity contribution in [2.24, 2.45) is 0 Å². The van der Waals surface area contributed by atoms with Crippen LogP contribution in [0, 0.1) is 13.8 Å². The number of aromatic nitrogens is 1. The number of hydrogen-bond donors (Lipinski definition) is 0. The van der Waals surface area contributed by atoms with Crippen molar-refractivity contribution in [2.75, 3.05) is 40.0 Å². The highest BCUT2D eigenvalue weighted by Crippen LogP contribution is 2.23. The standard InChI is InChI=1S/C21H30N2O4/c1-16-20(17(2)27-22-16)15-26-14-19-13-18(6-7-21(19)24-3)5-4-8-23-9-11-25-12-10-23/h6-7,13H,4-5,8-12,14-15H2,1-3H3. The summed E-state index contributed by atoms with van der Waals surface area (Å²) in [4.78, 5) is 2.47. The summed E-state index contributed by atoms with van der Waals surface area (Å²) in [5.74, 6) is 1.68. The van der Waals surface area contributed by atoms with E-state index in [2.05, 4.69) is 22.2 Å². The quantitative estimate of drug-likeness (QED) is 0.671. The largest absolute Gasteiger partial charge is 0.496 e. The van der Waals surface area contributed by atoms with Gasteiger partial charge in [0, 0.05) is 24.2 Å². The average molecular weight is 374 g/mol. The molecule has 2 aromatic rings. The van der Waals surface area contributed by atoms with Crippen LogP contribution in [0.25, 0.3) is 0 Å². The lowest BCUT2D eigenvalue weighted by Gasteiger charge is -2.26. The number of morpholine rings is 1. The van der Waals surface area contributed by atoms with Gasteiger partial charge in [-0.15, -0.1) is 0 Å². The zero-order valence-electron chi connectivity index (χ0n) is 16.6. The van der Waals surface area contributed by atoms with E-state index in [1.54, 1.807) is 7.11 Å². The van der Waals surface area contributed by atoms with Gasteiger partial charge in [0.2, 0.25) is 0 Å². The van der Waals surface area contributed by atoms with Gasteiger partial charge in [-0.1, -0.05) is 11.2 Å². The maximum absolute atomic E-state index is 5.92. The Hall–Kier alpha value is -1.89. The zero-order chi connectivity index (χ0) is 19.1. The molecule has 0 radical (unpaired) electrons. The first-order valence-electron chi connectivity index (χ1n) is 9.62. The van der Waals surface area contributed by atoms with Crippen LogP contribution in [0.3, 0.4) is 0 Å². The summed E-state index contributed by atoms with van der Waals surface area (Å²) in [6.45, 7) is 9.76. The Morgan fingerprint density at radius 2 is 1.96 bits per heavy atom. The molecule has 0 N–H and O–H groups in total. The minimum absolute atomic E-state index is 0.492. The number of methoxy groups -OCH3 is 1. The zero-order valence-corrected chi connectivity index (χ0v) is 16.6. The normalized spacial score (nSPS) is 15.2. The van der Waals surface area contributed by atoms with Crippen molar-refractivity contribution in [1.29, 1.82) is 0 Å². The van der Waals surface area contributed by atoms with Crippen LogP contribution in [0.5, 0.6) is 5.75 Å². The Kier molecular flexibility index (Phi) is 7.26. The Labute approximate surface area is 161 Å². The third-order valence-electron chi connectivity index (χ3n) is 5.07. The molecule has 1 saturated heterocycles. The van der Waals surface area contributed by atoms with Gasteiger partial charge < -0.3 is 18.7 Å². The highest BCUT2D eigenvalue weighted by Gasteiger charge is 2.12. The van der Waals surface area contributed by atoms with E-state index >= 15 is 0 Å². The summed E-state index contributed by atoms with van der Waals surface area (Å²) in [5, 5.41) is 3.97. The van der Waals surface area contributed by atoms with Crippen molar-refractivity contribution in [2.45, 2.75) is 39.9 Å². The van der Waals surface area contributed by atoms with Gasteiger partial charge in [-0.2, -0.15) is 0 Å². The fourth-order valence-electron chi connectivity index (χ4n) is 3.40. The summed E-state index contributed by atoms with van der Waals surface area (Å²) < 4.78 is 22.0. The van der Waals surface area contributed by atoms with Gasteiger partial charge >= 0.3 is 0 Å². The first kappa shape index (κ1) is 19.9. The molecule has 0 unspecified atom stereocenters. The Morgan fingerprint density at radius 1 is 1.15 bits per heavy atom. The topological polar surface area (TPSA) is 57.0 Å². The second kappa shape index (κ2) is 9.88. The number of benzene rings is 1. The molecule has 0 bridgehead atoms. The molecule has 1 fully saturated rings. The summed E-state index contributed by atoms with van der Waals surface area (Å²) in [6, 6.07) is 6.39. The van der Waals surface area contributed by atoms with Gasteiger partial charge in [0.25, 0.3) is 0 Å². The molecule has 6 heteroatoms. The Balaban J connectivity index is 1.53. The third-order valence-corrected chi connectivity index (χ3v) is 5.07. The van der Waals surface area contributed by atoms with Crippen LogP contribution < -0.4 is 4.74 Å². The lowest BCUT2D eigenvalue weighted by molar-refractivity contribution is 0.0374. The van der Waals surface area contributed by atoms with E-state index in [4.69, 9.17) is 18.7 Å². The van der Waals surface area contributed by atoms with Crippen molar-refractivity contribution in [3.8, 4) is 5.75 Å². The molecule has 148 valence electrons. The molecule has 1 aliphatic heterocycles. The van der Waals surface area contributed by atoms with E-state index in [0.29, 0.717) is 13.2 Å². The van der Waals surface area contributed by atoms with Crippen LogP contribution in [-0.2, 0) is 29.1 Å². The first-order valence-corrected chi connectivity index (χ1v) is 9.62. The fourth-order valence-corrected chi connectivity index (χ4v) is 3.40. The maximum Gasteiger partial charge on any atom is 0.139 e. The number of rotatable bonds is 9. The molecule has 1 aromatic heterocycles. The lowest BCUT2D eigenvalue weighted by Crippen LogP contribution is -2.36. The molecule has 0 saturated carbocycles. The second-order valence-corrected chi connectivity index (χ2v) is 7.00. The SMILES string of the molecule is COc1ccc(CCCN2CCOCC2)cc1COCc1c(C)noc1C. The van der Waals surface area contributed by atoms with Crippen LogP contribution in [-0.4, -0.2) is 50.0 Å². The molecule has 0 atom stereocenters. The van der Waals surface area contributed by atoms with Gasteiger partial charge in [0.15, 0.2) is 0 Å². The molecule has 0 aliphatic carbocycles. The minimum atomic E-state index is 0.492. The second-order valence-electron chi connectivity index (χ2n) is 7.00. The van der Waals surface area contributed by atoms with Crippen molar-refractivity contribution in [1.82, 2.24) is 10.1 Å². The third kappa shape index (κ3) is 5.54. The predicted molar refractivity (Wildman–Crippen MR) is 103 cm³/mol. The van der Waals surface area contributed by atoms with E-state index in [1.807, 2.05) is 19.9 Å². The molecule has 6 nitrogen and oxygen atoms in total. The number of nitrogens with zero attached hydrogens (tertiary/aromatic N) is 2. The molecule has 0 spiro atoms. The summed E-state index contributed by atoms with van der Waals surface area (Å²) in [7, 11) is 1.70. The highest BCUT2D eigenvalue weighted by atomic mass is 16.5. The molecule has 1 aromatic carbocycles. The predicted octanol–water partition coefficient (Wildman–Crippen LogP) is 3.28. The van der Waals surface area contributed by atoms with Gasteiger partial charge in [-0.25, -0.2) is 0 Å². The molecule has 2 heterocycles. The van der Waals surface area contributed by atoms with Crippen molar-refractivity contribution in [3.05, 3.63) is 46.3 Å². The van der Waals surface area contributed by atoms with Gasteiger partial charge in [0.1, 0.15) is 11.5 Å². The average Bonchev–Trinajstić information content (AvgIpc) is 3.01. The van der Waals surface area contributed by atoms with E-state index in [9.17, 15) is 0 Å². The fraction of sp³-hybridized carbons (Fsp3) is 0.571. The van der Waals surface area contributed by atoms with Gasteiger partial charge in [-0.3, -0.25) is 4.90 Å². The van der Waals surface area contributed by atoms with Crippen LogP contribution in [0.4, 0.5) is 0 Å².